The maximum absolute atomic E-state index is 12.8. The molecule has 5 aliphatic carbocycles. The van der Waals surface area contributed by atoms with Crippen LogP contribution in [0.15, 0.2) is 241 Å². The third-order valence-electron chi connectivity index (χ3n) is 20.9. The molecule has 5 aromatic carbocycles. The lowest BCUT2D eigenvalue weighted by Gasteiger charge is -2.12. The minimum Gasteiger partial charge on any atom is -0.456 e. The number of fused-ring (bicyclic) bond motifs is 10. The summed E-state index contributed by atoms with van der Waals surface area (Å²) in [6.07, 6.45) is 7.11. The number of nitrogens with zero attached hydrogens (tertiary/aromatic N) is 5. The molecule has 0 bridgehead atoms. The second-order valence-corrected chi connectivity index (χ2v) is 29.4. The molecule has 129 heavy (non-hydrogen) atoms. The molecule has 634 valence electrons. The first kappa shape index (κ1) is 84.9. The van der Waals surface area contributed by atoms with Gasteiger partial charge in [0.1, 0.15) is 114 Å². The number of hydrogen-bond acceptors (Lipinski definition) is 30. The van der Waals surface area contributed by atoms with Gasteiger partial charge >= 0.3 is 29.8 Å². The van der Waals surface area contributed by atoms with Crippen LogP contribution in [-0.4, -0.2) is 113 Å². The maximum atomic E-state index is 12.8. The molecule has 0 N–H and O–H groups in total. The monoisotopic (exact) mass is 1720 g/mol. The van der Waals surface area contributed by atoms with E-state index in [0.717, 1.165) is 22.3 Å². The van der Waals surface area contributed by atoms with Gasteiger partial charge in [0.15, 0.2) is 28.8 Å². The predicted molar refractivity (Wildman–Crippen MR) is 449 cm³/mol. The fourth-order valence-electron chi connectivity index (χ4n) is 14.9. The minimum absolute atomic E-state index is 0.00885. The molecule has 15 aromatic rings. The van der Waals surface area contributed by atoms with Gasteiger partial charge in [-0.05, 0) is 194 Å². The van der Waals surface area contributed by atoms with Crippen molar-refractivity contribution in [1.29, 1.82) is 0 Å². The number of pyridine rings is 5. The van der Waals surface area contributed by atoms with Gasteiger partial charge in [0, 0.05) is 31.0 Å². The third kappa shape index (κ3) is 15.7. The average molecular weight is 1720 g/mol. The number of benzene rings is 5. The molecule has 0 atom stereocenters. The summed E-state index contributed by atoms with van der Waals surface area (Å²) in [5.74, 6) is -6.94. The molecular formula is C99H63N5O25. The molecule has 20 rings (SSSR count). The Morgan fingerprint density at radius 2 is 0.457 bits per heavy atom. The van der Waals surface area contributed by atoms with Crippen LogP contribution in [0.25, 0.3) is 0 Å². The molecule has 10 aromatic heterocycles. The zero-order valence-electron chi connectivity index (χ0n) is 69.2. The van der Waals surface area contributed by atoms with E-state index in [4.69, 9.17) is 45.8 Å². The summed E-state index contributed by atoms with van der Waals surface area (Å²) in [6.45, 7) is 14.9. The van der Waals surface area contributed by atoms with E-state index in [1.165, 1.54) is 95.9 Å². The highest BCUT2D eigenvalue weighted by Crippen LogP contribution is 2.40. The van der Waals surface area contributed by atoms with Gasteiger partial charge in [-0.3, -0.25) is 72.9 Å². The van der Waals surface area contributed by atoms with E-state index in [2.05, 4.69) is 24.9 Å². The number of aromatic nitrogens is 5. The third-order valence-corrected chi connectivity index (χ3v) is 20.9. The summed E-state index contributed by atoms with van der Waals surface area (Å²) < 4.78 is 54.2. The van der Waals surface area contributed by atoms with Crippen molar-refractivity contribution in [3.05, 3.63) is 411 Å². The number of furan rings is 5. The molecule has 0 aliphatic heterocycles. The summed E-state index contributed by atoms with van der Waals surface area (Å²) in [4.78, 5) is 210. The van der Waals surface area contributed by atoms with Crippen molar-refractivity contribution in [2.45, 2.75) is 62.3 Å². The van der Waals surface area contributed by atoms with Crippen molar-refractivity contribution in [2.75, 3.05) is 0 Å². The van der Waals surface area contributed by atoms with Gasteiger partial charge in [-0.25, -0.2) is 24.0 Å². The molecule has 0 amide bonds. The van der Waals surface area contributed by atoms with Gasteiger partial charge in [-0.1, -0.05) is 78.9 Å². The van der Waals surface area contributed by atoms with E-state index in [1.54, 1.807) is 147 Å². The lowest BCUT2D eigenvalue weighted by Crippen LogP contribution is -2.23. The Kier molecular flexibility index (Phi) is 22.7. The minimum atomic E-state index is -0.755. The second kappa shape index (κ2) is 34.5. The second-order valence-electron chi connectivity index (χ2n) is 29.4. The van der Waals surface area contributed by atoms with Crippen molar-refractivity contribution >= 4 is 87.7 Å². The van der Waals surface area contributed by atoms with Gasteiger partial charge in [0.05, 0.1) is 55.6 Å². The van der Waals surface area contributed by atoms with Crippen LogP contribution < -0.4 is 23.7 Å². The van der Waals surface area contributed by atoms with Gasteiger partial charge in [-0.2, -0.15) is 0 Å². The van der Waals surface area contributed by atoms with Gasteiger partial charge in [0.25, 0.3) is 0 Å². The molecule has 0 fully saturated rings. The van der Waals surface area contributed by atoms with Gasteiger partial charge in [0.2, 0.25) is 57.8 Å². The first-order valence-electron chi connectivity index (χ1n) is 39.3. The van der Waals surface area contributed by atoms with Crippen molar-refractivity contribution < 1.29 is 118 Å². The van der Waals surface area contributed by atoms with E-state index < -0.39 is 87.7 Å². The number of para-hydroxylation sites is 3. The molecule has 30 heteroatoms. The molecule has 0 saturated carbocycles. The van der Waals surface area contributed by atoms with Crippen LogP contribution in [-0.2, 0) is 0 Å². The van der Waals surface area contributed by atoms with E-state index in [0.29, 0.717) is 28.7 Å². The molecule has 0 spiro atoms. The summed E-state index contributed by atoms with van der Waals surface area (Å²) >= 11 is 0. The number of carbonyl (C=O) groups is 15. The lowest BCUT2D eigenvalue weighted by atomic mass is 9.90. The molecule has 0 unspecified atom stereocenters. The SMILES string of the molecule is Cc1cccc(OC(=O)c2c(C)oc3c2C(=O)c2ncccc2C3=O)c1.Cc1cccc(OC(=O)c2c(C)oc3c2C(=O)c2ncccc2C3=O)c1.Cc1ccccc1OC(=O)c1c(C)oc2c1C(=O)c1ncccc1C2=O.Cc1ccccc1OC(=O)c1c(C)oc2c1C(=O)c1ncccc1C2=O.Cc1oc2c(c1C(=O)Oc1ccccc1)C(=O)c1ncccc1C2=O. The largest absolute Gasteiger partial charge is 0.456 e. The lowest BCUT2D eigenvalue weighted by molar-refractivity contribution is 0.0719. The average Bonchev–Trinajstić information content (AvgIpc) is 1.62. The predicted octanol–water partition coefficient (Wildman–Crippen LogP) is 16.1. The highest BCUT2D eigenvalue weighted by atomic mass is 16.6. The molecule has 10 heterocycles. The van der Waals surface area contributed by atoms with Crippen molar-refractivity contribution in [3.8, 4) is 28.7 Å². The van der Waals surface area contributed by atoms with Gasteiger partial charge < -0.3 is 45.8 Å². The van der Waals surface area contributed by atoms with Crippen molar-refractivity contribution in [3.63, 3.8) is 0 Å². The normalized spacial score (nSPS) is 12.5. The number of carbonyl (C=O) groups excluding carboxylic acids is 15. The van der Waals surface area contributed by atoms with Crippen molar-refractivity contribution in [1.82, 2.24) is 24.9 Å². The van der Waals surface area contributed by atoms with Crippen LogP contribution in [0.4, 0.5) is 0 Å². The molecule has 0 radical (unpaired) electrons. The Morgan fingerprint density at radius 1 is 0.233 bits per heavy atom. The van der Waals surface area contributed by atoms with Crippen LogP contribution in [0.2, 0.25) is 0 Å². The van der Waals surface area contributed by atoms with E-state index in [1.807, 2.05) is 38.1 Å². The summed E-state index contributed by atoms with van der Waals surface area (Å²) in [7, 11) is 0. The van der Waals surface area contributed by atoms with E-state index >= 15 is 0 Å². The van der Waals surface area contributed by atoms with Crippen LogP contribution >= 0.6 is 0 Å². The number of hydrogen-bond donors (Lipinski definition) is 0. The summed E-state index contributed by atoms with van der Waals surface area (Å²) in [5.41, 5.74) is 3.59. The quantitative estimate of drug-likeness (QED) is 0.0906. The van der Waals surface area contributed by atoms with Crippen LogP contribution in [0.3, 0.4) is 0 Å². The standard InChI is InChI=1S/4C20H13NO5.C19H11NO5/c2*1-10-5-3-6-12(9-10)26-20(24)14-11(2)25-19-15(14)18(23)16-13(17(19)22)7-4-8-21-16;2*1-10-6-3-4-8-13(10)26-20(24)14-11(2)25-19-15(14)18(23)16-12(17(19)22)7-5-9-21-16;1-10-13(19(23)25-11-6-3-2-4-7-11)14-17(22)15-12(8-5-9-20-15)16(21)18(14)24-10/h4*3-9H,1-2H3;2-9H,1H3. The number of rotatable bonds is 10. The zero-order chi connectivity index (χ0) is 91.2. The molecule has 30 nitrogen and oxygen atoms in total. The topological polar surface area (TPSA) is 432 Å². The first-order chi connectivity index (χ1) is 62.0. The highest BCUT2D eigenvalue weighted by Gasteiger charge is 2.46. The molecular weight excluding hydrogens is 1660 g/mol. The molecule has 5 aliphatic rings. The number of ketones is 10. The maximum Gasteiger partial charge on any atom is 0.347 e. The smallest absolute Gasteiger partial charge is 0.347 e. The summed E-state index contributed by atoms with van der Waals surface area (Å²) in [6, 6.07) is 51.8. The fourth-order valence-corrected chi connectivity index (χ4v) is 14.9. The zero-order valence-corrected chi connectivity index (χ0v) is 69.2. The summed E-state index contributed by atoms with van der Waals surface area (Å²) in [5, 5.41) is 0. The fraction of sp³-hybridized carbons (Fsp3) is 0.0909. The number of aryl methyl sites for hydroxylation is 9. The number of ether oxygens (including phenoxy) is 5. The van der Waals surface area contributed by atoms with Crippen LogP contribution in [0.1, 0.15) is 264 Å². The first-order valence-corrected chi connectivity index (χ1v) is 39.3. The Hall–Kier alpha value is -17.7. The molecule has 0 saturated heterocycles. The highest BCUT2D eigenvalue weighted by molar-refractivity contribution is 6.33. The Morgan fingerprint density at radius 3 is 0.705 bits per heavy atom. The number of esters is 5. The van der Waals surface area contributed by atoms with Crippen LogP contribution in [0, 0.1) is 62.3 Å². The Labute approximate surface area is 728 Å². The van der Waals surface area contributed by atoms with E-state index in [9.17, 15) is 71.9 Å². The Balaban J connectivity index is 0.000000118. The van der Waals surface area contributed by atoms with Crippen LogP contribution in [0.5, 0.6) is 28.7 Å². The van der Waals surface area contributed by atoms with E-state index in [-0.39, 0.29) is 170 Å². The van der Waals surface area contributed by atoms with Crippen molar-refractivity contribution in [2.24, 2.45) is 0 Å². The van der Waals surface area contributed by atoms with Gasteiger partial charge in [-0.15, -0.1) is 0 Å². The Bertz CT molecular complexity index is 7080.